The lowest BCUT2D eigenvalue weighted by Crippen LogP contribution is -2.12. The van der Waals surface area contributed by atoms with Gasteiger partial charge in [-0.05, 0) is 31.0 Å². The predicted molar refractivity (Wildman–Crippen MR) is 60.5 cm³/mol. The van der Waals surface area contributed by atoms with Crippen molar-refractivity contribution in [3.8, 4) is 0 Å². The smallest absolute Gasteiger partial charge is 0.170 e. The molecule has 0 bridgehead atoms. The summed E-state index contributed by atoms with van der Waals surface area (Å²) in [6.45, 7) is 0. The Bertz CT molecular complexity index is 568. The van der Waals surface area contributed by atoms with Crippen LogP contribution in [0.5, 0.6) is 0 Å². The van der Waals surface area contributed by atoms with Crippen LogP contribution in [0.4, 0.5) is 0 Å². The number of aromatic nitrogens is 2. The Labute approximate surface area is 92.2 Å². The van der Waals surface area contributed by atoms with Crippen molar-refractivity contribution in [3.63, 3.8) is 0 Å². The summed E-state index contributed by atoms with van der Waals surface area (Å²) in [6.07, 6.45) is 4.32. The number of benzene rings is 1. The number of rotatable bonds is 2. The second kappa shape index (κ2) is 3.23. The molecule has 0 saturated heterocycles. The number of nitrogens with zero attached hydrogens (tertiary/aromatic N) is 3. The quantitative estimate of drug-likeness (QED) is 0.345. The van der Waals surface area contributed by atoms with Crippen molar-refractivity contribution in [1.29, 1.82) is 0 Å². The highest BCUT2D eigenvalue weighted by Gasteiger charge is 2.24. The molecule has 1 saturated carbocycles. The van der Waals surface area contributed by atoms with E-state index in [1.165, 1.54) is 12.8 Å². The Hall–Kier alpha value is -2.04. The normalized spacial score (nSPS) is 16.9. The van der Waals surface area contributed by atoms with Crippen molar-refractivity contribution in [2.45, 2.75) is 18.9 Å². The van der Waals surface area contributed by atoms with Crippen molar-refractivity contribution in [1.82, 2.24) is 9.55 Å². The van der Waals surface area contributed by atoms with Gasteiger partial charge in [-0.3, -0.25) is 0 Å². The van der Waals surface area contributed by atoms with Gasteiger partial charge < -0.3 is 15.5 Å². The number of hydrogen-bond acceptors (Lipinski definition) is 3. The Balaban J connectivity index is 2.12. The largest absolute Gasteiger partial charge is 0.409 e. The van der Waals surface area contributed by atoms with E-state index in [-0.39, 0.29) is 5.84 Å². The minimum Gasteiger partial charge on any atom is -0.409 e. The second-order valence-corrected chi connectivity index (χ2v) is 4.07. The van der Waals surface area contributed by atoms with E-state index in [4.69, 9.17) is 10.9 Å². The molecule has 1 heterocycles. The Morgan fingerprint density at radius 2 is 2.31 bits per heavy atom. The van der Waals surface area contributed by atoms with Crippen LogP contribution in [0.25, 0.3) is 11.0 Å². The molecule has 5 heteroatoms. The third kappa shape index (κ3) is 1.32. The average molecular weight is 216 g/mol. The van der Waals surface area contributed by atoms with Gasteiger partial charge in [0.25, 0.3) is 0 Å². The lowest BCUT2D eigenvalue weighted by atomic mass is 10.2. The summed E-state index contributed by atoms with van der Waals surface area (Å²) in [4.78, 5) is 4.33. The summed E-state index contributed by atoms with van der Waals surface area (Å²) >= 11 is 0. The fourth-order valence-electron chi connectivity index (χ4n) is 1.89. The van der Waals surface area contributed by atoms with Gasteiger partial charge in [0.1, 0.15) is 0 Å². The van der Waals surface area contributed by atoms with Crippen molar-refractivity contribution >= 4 is 16.9 Å². The zero-order valence-corrected chi connectivity index (χ0v) is 8.67. The third-order valence-electron chi connectivity index (χ3n) is 2.92. The molecule has 1 aliphatic carbocycles. The average Bonchev–Trinajstić information content (AvgIpc) is 3.08. The SMILES string of the molecule is N/C(=N\O)c1ccc2c(c1)ncn2C1CC1. The molecule has 1 aromatic heterocycles. The maximum atomic E-state index is 8.60. The van der Waals surface area contributed by atoms with E-state index >= 15 is 0 Å². The molecule has 0 aliphatic heterocycles. The lowest BCUT2D eigenvalue weighted by Gasteiger charge is -2.01. The summed E-state index contributed by atoms with van der Waals surface area (Å²) in [5, 5.41) is 11.6. The zero-order valence-electron chi connectivity index (χ0n) is 8.67. The van der Waals surface area contributed by atoms with E-state index in [9.17, 15) is 0 Å². The first kappa shape index (κ1) is 9.21. The molecule has 16 heavy (non-hydrogen) atoms. The van der Waals surface area contributed by atoms with Gasteiger partial charge in [0.2, 0.25) is 0 Å². The Morgan fingerprint density at radius 1 is 1.50 bits per heavy atom. The minimum absolute atomic E-state index is 0.114. The third-order valence-corrected chi connectivity index (χ3v) is 2.92. The number of fused-ring (bicyclic) bond motifs is 1. The predicted octanol–water partition coefficient (Wildman–Crippen LogP) is 1.47. The minimum atomic E-state index is 0.114. The molecule has 2 aromatic rings. The molecule has 1 aliphatic rings. The van der Waals surface area contributed by atoms with Crippen LogP contribution < -0.4 is 5.73 Å². The first-order valence-corrected chi connectivity index (χ1v) is 5.24. The van der Waals surface area contributed by atoms with Crippen molar-refractivity contribution in [2.75, 3.05) is 0 Å². The van der Waals surface area contributed by atoms with Crippen LogP contribution >= 0.6 is 0 Å². The number of oxime groups is 1. The van der Waals surface area contributed by atoms with E-state index in [1.807, 2.05) is 24.5 Å². The second-order valence-electron chi connectivity index (χ2n) is 4.07. The fraction of sp³-hybridized carbons (Fsp3) is 0.273. The summed E-state index contributed by atoms with van der Waals surface area (Å²) in [5.74, 6) is 0.114. The number of imidazole rings is 1. The van der Waals surface area contributed by atoms with Gasteiger partial charge >= 0.3 is 0 Å². The Kier molecular flexibility index (Phi) is 1.86. The monoisotopic (exact) mass is 216 g/mol. The zero-order chi connectivity index (χ0) is 11.1. The molecule has 0 spiro atoms. The maximum Gasteiger partial charge on any atom is 0.170 e. The topological polar surface area (TPSA) is 76.4 Å². The van der Waals surface area contributed by atoms with E-state index < -0.39 is 0 Å². The first-order valence-electron chi connectivity index (χ1n) is 5.24. The molecule has 0 unspecified atom stereocenters. The standard InChI is InChI=1S/C11H12N4O/c12-11(14-16)7-1-4-10-9(5-7)13-6-15(10)8-2-3-8/h1,4-6,8,16H,2-3H2,(H2,12,14). The highest BCUT2D eigenvalue weighted by molar-refractivity contribution is 5.99. The van der Waals surface area contributed by atoms with Crippen LogP contribution in [0.3, 0.4) is 0 Å². The maximum absolute atomic E-state index is 8.60. The molecule has 1 fully saturated rings. The molecule has 3 rings (SSSR count). The molecule has 0 amide bonds. The van der Waals surface area contributed by atoms with E-state index in [1.54, 1.807) is 0 Å². The van der Waals surface area contributed by atoms with E-state index in [2.05, 4.69) is 14.7 Å². The molecular weight excluding hydrogens is 204 g/mol. The lowest BCUT2D eigenvalue weighted by molar-refractivity contribution is 0.318. The van der Waals surface area contributed by atoms with Crippen molar-refractivity contribution < 1.29 is 5.21 Å². The number of amidine groups is 1. The van der Waals surface area contributed by atoms with Gasteiger partial charge in [-0.25, -0.2) is 4.98 Å². The highest BCUT2D eigenvalue weighted by Crippen LogP contribution is 2.37. The highest BCUT2D eigenvalue weighted by atomic mass is 16.4. The van der Waals surface area contributed by atoms with Crippen molar-refractivity contribution in [2.24, 2.45) is 10.9 Å². The first-order chi connectivity index (χ1) is 7.79. The van der Waals surface area contributed by atoms with Crippen molar-refractivity contribution in [3.05, 3.63) is 30.1 Å². The van der Waals surface area contributed by atoms with Gasteiger partial charge in [-0.15, -0.1) is 0 Å². The summed E-state index contributed by atoms with van der Waals surface area (Å²) in [5.41, 5.74) is 8.21. The van der Waals surface area contributed by atoms with Crippen LogP contribution in [-0.2, 0) is 0 Å². The Morgan fingerprint density at radius 3 is 3.00 bits per heavy atom. The summed E-state index contributed by atoms with van der Waals surface area (Å²) in [7, 11) is 0. The van der Waals surface area contributed by atoms with Crippen LogP contribution in [0.15, 0.2) is 29.7 Å². The molecule has 82 valence electrons. The molecule has 1 aromatic carbocycles. The number of nitrogens with two attached hydrogens (primary N) is 1. The van der Waals surface area contributed by atoms with Crippen LogP contribution in [0.2, 0.25) is 0 Å². The molecule has 3 N–H and O–H groups in total. The summed E-state index contributed by atoms with van der Waals surface area (Å²) in [6, 6.07) is 6.26. The number of hydrogen-bond donors (Lipinski definition) is 2. The molecule has 0 atom stereocenters. The van der Waals surface area contributed by atoms with Crippen LogP contribution in [0.1, 0.15) is 24.4 Å². The van der Waals surface area contributed by atoms with Crippen LogP contribution in [0, 0.1) is 0 Å². The van der Waals surface area contributed by atoms with Crippen LogP contribution in [-0.4, -0.2) is 20.6 Å². The van der Waals surface area contributed by atoms with Gasteiger partial charge in [-0.1, -0.05) is 5.16 Å². The van der Waals surface area contributed by atoms with Gasteiger partial charge in [0.15, 0.2) is 5.84 Å². The van der Waals surface area contributed by atoms with Gasteiger partial charge in [-0.2, -0.15) is 0 Å². The van der Waals surface area contributed by atoms with E-state index in [0.29, 0.717) is 11.6 Å². The molecule has 5 nitrogen and oxygen atoms in total. The fourth-order valence-corrected chi connectivity index (χ4v) is 1.89. The van der Waals surface area contributed by atoms with Gasteiger partial charge in [0, 0.05) is 11.6 Å². The molecule has 0 radical (unpaired) electrons. The summed E-state index contributed by atoms with van der Waals surface area (Å²) < 4.78 is 2.19. The van der Waals surface area contributed by atoms with Gasteiger partial charge in [0.05, 0.1) is 17.4 Å². The molecular formula is C11H12N4O. The van der Waals surface area contributed by atoms with E-state index in [0.717, 1.165) is 11.0 Å².